The van der Waals surface area contributed by atoms with Gasteiger partial charge in [-0.25, -0.2) is 0 Å². The number of nitrogens with one attached hydrogen (secondary N) is 1. The molecule has 98 valence electrons. The molecule has 1 aromatic rings. The molecule has 1 aromatic heterocycles. The molecule has 0 aliphatic carbocycles. The van der Waals surface area contributed by atoms with Crippen LogP contribution >= 0.6 is 0 Å². The SMILES string of the molecule is CC(C)NCC(O)c1c(C(F)(F)F)cnn1C. The van der Waals surface area contributed by atoms with Gasteiger partial charge in [0.05, 0.1) is 17.5 Å². The van der Waals surface area contributed by atoms with Gasteiger partial charge in [-0.15, -0.1) is 0 Å². The lowest BCUT2D eigenvalue weighted by Crippen LogP contribution is -2.29. The van der Waals surface area contributed by atoms with Crippen LogP contribution in [0.5, 0.6) is 0 Å². The van der Waals surface area contributed by atoms with E-state index in [2.05, 4.69) is 10.4 Å². The monoisotopic (exact) mass is 251 g/mol. The Labute approximate surface area is 97.4 Å². The van der Waals surface area contributed by atoms with Crippen molar-refractivity contribution < 1.29 is 18.3 Å². The smallest absolute Gasteiger partial charge is 0.385 e. The van der Waals surface area contributed by atoms with Crippen LogP contribution in [0.2, 0.25) is 0 Å². The molecule has 1 unspecified atom stereocenters. The number of halogens is 3. The minimum Gasteiger partial charge on any atom is -0.385 e. The van der Waals surface area contributed by atoms with E-state index in [1.807, 2.05) is 13.8 Å². The van der Waals surface area contributed by atoms with E-state index in [0.29, 0.717) is 0 Å². The first-order chi connectivity index (χ1) is 7.73. The van der Waals surface area contributed by atoms with Crippen LogP contribution < -0.4 is 5.32 Å². The van der Waals surface area contributed by atoms with Crippen LogP contribution in [-0.4, -0.2) is 27.5 Å². The third-order valence-corrected chi connectivity index (χ3v) is 2.33. The molecule has 1 rings (SSSR count). The highest BCUT2D eigenvalue weighted by Crippen LogP contribution is 2.34. The number of aliphatic hydroxyl groups is 1. The van der Waals surface area contributed by atoms with Crippen molar-refractivity contribution in [3.63, 3.8) is 0 Å². The Bertz CT molecular complexity index is 373. The highest BCUT2D eigenvalue weighted by atomic mass is 19.4. The van der Waals surface area contributed by atoms with Gasteiger partial charge in [0.2, 0.25) is 0 Å². The summed E-state index contributed by atoms with van der Waals surface area (Å²) < 4.78 is 39.0. The molecule has 0 aliphatic rings. The number of alkyl halides is 3. The van der Waals surface area contributed by atoms with E-state index < -0.39 is 17.8 Å². The molecule has 4 nitrogen and oxygen atoms in total. The highest BCUT2D eigenvalue weighted by molar-refractivity contribution is 5.23. The zero-order valence-corrected chi connectivity index (χ0v) is 9.91. The van der Waals surface area contributed by atoms with Gasteiger partial charge in [0.15, 0.2) is 0 Å². The van der Waals surface area contributed by atoms with E-state index in [4.69, 9.17) is 0 Å². The molecule has 17 heavy (non-hydrogen) atoms. The lowest BCUT2D eigenvalue weighted by molar-refractivity contribution is -0.139. The van der Waals surface area contributed by atoms with Crippen molar-refractivity contribution in [2.75, 3.05) is 6.54 Å². The molecule has 0 bridgehead atoms. The van der Waals surface area contributed by atoms with Crippen molar-refractivity contribution in [2.24, 2.45) is 7.05 Å². The normalized spacial score (nSPS) is 14.4. The van der Waals surface area contributed by atoms with Crippen LogP contribution in [-0.2, 0) is 13.2 Å². The Morgan fingerprint density at radius 3 is 2.53 bits per heavy atom. The van der Waals surface area contributed by atoms with E-state index in [9.17, 15) is 18.3 Å². The molecular formula is C10H16F3N3O. The summed E-state index contributed by atoms with van der Waals surface area (Å²) in [5, 5.41) is 16.2. The zero-order valence-electron chi connectivity index (χ0n) is 9.91. The van der Waals surface area contributed by atoms with Crippen LogP contribution in [0.4, 0.5) is 13.2 Å². The van der Waals surface area contributed by atoms with Gasteiger partial charge in [0.25, 0.3) is 0 Å². The van der Waals surface area contributed by atoms with Gasteiger partial charge in [-0.05, 0) is 0 Å². The van der Waals surface area contributed by atoms with Gasteiger partial charge < -0.3 is 10.4 Å². The first-order valence-corrected chi connectivity index (χ1v) is 5.24. The summed E-state index contributed by atoms with van der Waals surface area (Å²) in [4.78, 5) is 0. The van der Waals surface area contributed by atoms with Crippen molar-refractivity contribution >= 4 is 0 Å². The third kappa shape index (κ3) is 3.44. The lowest BCUT2D eigenvalue weighted by atomic mass is 10.1. The minimum absolute atomic E-state index is 0.0558. The maximum atomic E-state index is 12.6. The van der Waals surface area contributed by atoms with Crippen molar-refractivity contribution in [3.8, 4) is 0 Å². The predicted molar refractivity (Wildman–Crippen MR) is 56.3 cm³/mol. The van der Waals surface area contributed by atoms with Gasteiger partial charge in [0, 0.05) is 19.6 Å². The van der Waals surface area contributed by atoms with Gasteiger partial charge >= 0.3 is 6.18 Å². The number of nitrogens with zero attached hydrogens (tertiary/aromatic N) is 2. The first-order valence-electron chi connectivity index (χ1n) is 5.24. The zero-order chi connectivity index (χ0) is 13.2. The van der Waals surface area contributed by atoms with Crippen LogP contribution in [0.3, 0.4) is 0 Å². The summed E-state index contributed by atoms with van der Waals surface area (Å²) in [7, 11) is 1.38. The Morgan fingerprint density at radius 2 is 2.06 bits per heavy atom. The minimum atomic E-state index is -4.50. The van der Waals surface area contributed by atoms with Gasteiger partial charge in [-0.1, -0.05) is 13.8 Å². The average Bonchev–Trinajstić information content (AvgIpc) is 2.56. The maximum absolute atomic E-state index is 12.6. The molecule has 0 radical (unpaired) electrons. The number of hydrogen-bond acceptors (Lipinski definition) is 3. The Hall–Kier alpha value is -1.08. The van der Waals surface area contributed by atoms with E-state index in [1.165, 1.54) is 7.05 Å². The van der Waals surface area contributed by atoms with Gasteiger partial charge in [-0.3, -0.25) is 4.68 Å². The standard InChI is InChI=1S/C10H16F3N3O/c1-6(2)14-5-8(17)9-7(10(11,12)13)4-15-16(9)3/h4,6,8,14,17H,5H2,1-3H3. The molecule has 2 N–H and O–H groups in total. The van der Waals surface area contributed by atoms with E-state index >= 15 is 0 Å². The fraction of sp³-hybridized carbons (Fsp3) is 0.700. The van der Waals surface area contributed by atoms with Crippen LogP contribution in [0.1, 0.15) is 31.2 Å². The number of rotatable bonds is 4. The topological polar surface area (TPSA) is 50.1 Å². The van der Waals surface area contributed by atoms with Crippen LogP contribution in [0, 0.1) is 0 Å². The van der Waals surface area contributed by atoms with Crippen molar-refractivity contribution in [3.05, 3.63) is 17.5 Å². The molecular weight excluding hydrogens is 235 g/mol. The molecule has 0 amide bonds. The molecule has 0 aromatic carbocycles. The van der Waals surface area contributed by atoms with E-state index in [-0.39, 0.29) is 18.3 Å². The largest absolute Gasteiger partial charge is 0.419 e. The summed E-state index contributed by atoms with van der Waals surface area (Å²) in [6, 6.07) is 0.0900. The Balaban J connectivity index is 2.92. The summed E-state index contributed by atoms with van der Waals surface area (Å²) in [5.74, 6) is 0. The molecule has 7 heteroatoms. The second-order valence-corrected chi connectivity index (χ2v) is 4.14. The quantitative estimate of drug-likeness (QED) is 0.852. The summed E-state index contributed by atoms with van der Waals surface area (Å²) in [6.07, 6.45) is -5.00. The van der Waals surface area contributed by atoms with E-state index in [1.54, 1.807) is 0 Å². The number of aryl methyl sites for hydroxylation is 1. The first kappa shape index (κ1) is 14.0. The fourth-order valence-corrected chi connectivity index (χ4v) is 1.50. The second-order valence-electron chi connectivity index (χ2n) is 4.14. The molecule has 0 fully saturated rings. The summed E-state index contributed by atoms with van der Waals surface area (Å²) >= 11 is 0. The van der Waals surface area contributed by atoms with Crippen LogP contribution in [0.15, 0.2) is 6.20 Å². The molecule has 0 saturated carbocycles. The van der Waals surface area contributed by atoms with Gasteiger partial charge in [0.1, 0.15) is 6.10 Å². The van der Waals surface area contributed by atoms with E-state index in [0.717, 1.165) is 10.9 Å². The van der Waals surface area contributed by atoms with Crippen molar-refractivity contribution in [2.45, 2.75) is 32.2 Å². The highest BCUT2D eigenvalue weighted by Gasteiger charge is 2.37. The Kier molecular flexibility index (Phi) is 4.16. The van der Waals surface area contributed by atoms with Crippen molar-refractivity contribution in [1.29, 1.82) is 0 Å². The Morgan fingerprint density at radius 1 is 1.47 bits per heavy atom. The predicted octanol–water partition coefficient (Wildman–Crippen LogP) is 1.47. The summed E-state index contributed by atoms with van der Waals surface area (Å²) in [5.41, 5.74) is -1.11. The molecule has 0 spiro atoms. The molecule has 1 heterocycles. The van der Waals surface area contributed by atoms with Crippen LogP contribution in [0.25, 0.3) is 0 Å². The van der Waals surface area contributed by atoms with Crippen molar-refractivity contribution in [1.82, 2.24) is 15.1 Å². The molecule has 0 aliphatic heterocycles. The molecule has 0 saturated heterocycles. The third-order valence-electron chi connectivity index (χ3n) is 2.33. The van der Waals surface area contributed by atoms with Gasteiger partial charge in [-0.2, -0.15) is 18.3 Å². The number of aromatic nitrogens is 2. The second kappa shape index (κ2) is 5.05. The summed E-state index contributed by atoms with van der Waals surface area (Å²) in [6.45, 7) is 3.75. The molecule has 1 atom stereocenters. The average molecular weight is 251 g/mol. The number of aliphatic hydroxyl groups excluding tert-OH is 1. The number of hydrogen-bond donors (Lipinski definition) is 2. The maximum Gasteiger partial charge on any atom is 0.419 e. The lowest BCUT2D eigenvalue weighted by Gasteiger charge is -2.17. The fourth-order valence-electron chi connectivity index (χ4n) is 1.50.